The molecule has 1 saturated heterocycles. The van der Waals surface area contributed by atoms with Crippen LogP contribution in [0.3, 0.4) is 0 Å². The Morgan fingerprint density at radius 2 is 1.86 bits per heavy atom. The predicted octanol–water partition coefficient (Wildman–Crippen LogP) is -1.30. The molecule has 1 aromatic rings. The first-order chi connectivity index (χ1) is 13.0. The molecule has 152 valence electrons. The Hall–Kier alpha value is -2.83. The number of Topliss-reactive ketones (excluding diaryl/α,β-unsaturated/α-hetero) is 1. The van der Waals surface area contributed by atoms with E-state index in [0.29, 0.717) is 0 Å². The fourth-order valence-electron chi connectivity index (χ4n) is 3.97. The highest BCUT2D eigenvalue weighted by Crippen LogP contribution is 2.54. The number of aliphatic carboxylic acids is 1. The van der Waals surface area contributed by atoms with Crippen LogP contribution in [0.2, 0.25) is 0 Å². The molecule has 2 fully saturated rings. The number of hydrogen-bond acceptors (Lipinski definition) is 10. The van der Waals surface area contributed by atoms with Gasteiger partial charge in [0.05, 0.1) is 31.9 Å². The number of fused-ring (bicyclic) bond motifs is 1. The van der Waals surface area contributed by atoms with Crippen molar-refractivity contribution >= 4 is 33.5 Å². The average Bonchev–Trinajstić information content (AvgIpc) is 3.09. The Bertz CT molecular complexity index is 998. The first-order valence-electron chi connectivity index (χ1n) is 8.10. The summed E-state index contributed by atoms with van der Waals surface area (Å²) in [5, 5.41) is 15.7. The number of ether oxygens (including phenoxy) is 2. The van der Waals surface area contributed by atoms with Gasteiger partial charge in [0.2, 0.25) is 5.69 Å². The Morgan fingerprint density at radius 1 is 1.25 bits per heavy atom. The molecule has 0 aromatic carbocycles. The zero-order valence-corrected chi connectivity index (χ0v) is 15.9. The molecule has 0 amide bonds. The summed E-state index contributed by atoms with van der Waals surface area (Å²) in [6, 6.07) is 0. The lowest BCUT2D eigenvalue weighted by atomic mass is 9.70. The van der Waals surface area contributed by atoms with Crippen LogP contribution >= 0.6 is 0 Å². The molecule has 1 aliphatic heterocycles. The van der Waals surface area contributed by atoms with Gasteiger partial charge in [0.25, 0.3) is 0 Å². The SMILES string of the molecule is COC(=O)c1nnn(C[C@@]2(C)[C@H](C(=O)O)C3C(=O)CC3S2(=O)=O)c1C(=O)OC. The molecule has 1 aliphatic carbocycles. The molecular weight excluding hydrogens is 398 g/mol. The van der Waals surface area contributed by atoms with Crippen molar-refractivity contribution in [2.45, 2.75) is 29.9 Å². The predicted molar refractivity (Wildman–Crippen MR) is 88.1 cm³/mol. The number of carbonyl (C=O) groups excluding carboxylic acids is 3. The first-order valence-corrected chi connectivity index (χ1v) is 9.65. The number of carboxylic acids is 1. The third kappa shape index (κ3) is 2.45. The molecule has 1 aromatic heterocycles. The van der Waals surface area contributed by atoms with Crippen LogP contribution in [0.1, 0.15) is 34.3 Å². The van der Waals surface area contributed by atoms with E-state index in [1.807, 2.05) is 0 Å². The zero-order chi connectivity index (χ0) is 21.0. The fraction of sp³-hybridized carbons (Fsp3) is 0.600. The summed E-state index contributed by atoms with van der Waals surface area (Å²) in [6.45, 7) is 0.578. The third-order valence-electron chi connectivity index (χ3n) is 5.46. The quantitative estimate of drug-likeness (QED) is 0.566. The Balaban J connectivity index is 2.13. The second kappa shape index (κ2) is 6.36. The highest BCUT2D eigenvalue weighted by atomic mass is 32.2. The van der Waals surface area contributed by atoms with E-state index < -0.39 is 73.3 Å². The largest absolute Gasteiger partial charge is 0.481 e. The lowest BCUT2D eigenvalue weighted by molar-refractivity contribution is -0.150. The zero-order valence-electron chi connectivity index (χ0n) is 15.1. The summed E-state index contributed by atoms with van der Waals surface area (Å²) in [5.41, 5.74) is -0.972. The average molecular weight is 415 g/mol. The van der Waals surface area contributed by atoms with Crippen LogP contribution in [-0.2, 0) is 35.4 Å². The molecule has 2 unspecified atom stereocenters. The van der Waals surface area contributed by atoms with Gasteiger partial charge in [0.15, 0.2) is 15.5 Å². The Kier molecular flexibility index (Phi) is 4.52. The summed E-state index contributed by atoms with van der Waals surface area (Å²) in [5.74, 6) is -6.60. The van der Waals surface area contributed by atoms with E-state index in [2.05, 4.69) is 19.8 Å². The van der Waals surface area contributed by atoms with Gasteiger partial charge in [-0.25, -0.2) is 22.7 Å². The first kappa shape index (κ1) is 19.9. The van der Waals surface area contributed by atoms with Crippen molar-refractivity contribution in [1.82, 2.24) is 15.0 Å². The van der Waals surface area contributed by atoms with Gasteiger partial charge in [-0.2, -0.15) is 0 Å². The molecule has 13 heteroatoms. The molecule has 28 heavy (non-hydrogen) atoms. The molecule has 0 radical (unpaired) electrons. The van der Waals surface area contributed by atoms with Crippen molar-refractivity contribution in [3.8, 4) is 0 Å². The molecule has 4 atom stereocenters. The van der Waals surface area contributed by atoms with Gasteiger partial charge in [-0.3, -0.25) is 9.59 Å². The number of hydrogen-bond donors (Lipinski definition) is 1. The summed E-state index contributed by atoms with van der Waals surface area (Å²) in [6.07, 6.45) is -0.249. The number of rotatable bonds is 5. The highest BCUT2D eigenvalue weighted by Gasteiger charge is 2.71. The van der Waals surface area contributed by atoms with Crippen molar-refractivity contribution in [1.29, 1.82) is 0 Å². The van der Waals surface area contributed by atoms with Crippen molar-refractivity contribution < 1.29 is 42.2 Å². The molecule has 2 aliphatic rings. The lowest BCUT2D eigenvalue weighted by Crippen LogP contribution is -2.47. The van der Waals surface area contributed by atoms with Gasteiger partial charge in [0, 0.05) is 12.3 Å². The smallest absolute Gasteiger partial charge is 0.361 e. The van der Waals surface area contributed by atoms with E-state index in [1.54, 1.807) is 0 Å². The van der Waals surface area contributed by atoms with Gasteiger partial charge < -0.3 is 14.6 Å². The van der Waals surface area contributed by atoms with Crippen LogP contribution in [0.5, 0.6) is 0 Å². The highest BCUT2D eigenvalue weighted by molar-refractivity contribution is 7.94. The normalized spacial score (nSPS) is 30.2. The van der Waals surface area contributed by atoms with Crippen molar-refractivity contribution in [2.24, 2.45) is 11.8 Å². The second-order valence-electron chi connectivity index (χ2n) is 6.84. The van der Waals surface area contributed by atoms with Crippen LogP contribution in [0, 0.1) is 11.8 Å². The van der Waals surface area contributed by atoms with E-state index >= 15 is 0 Å². The van der Waals surface area contributed by atoms with Crippen LogP contribution < -0.4 is 0 Å². The minimum absolute atomic E-state index is 0.249. The van der Waals surface area contributed by atoms with E-state index in [9.17, 15) is 32.7 Å². The number of sulfone groups is 1. The number of nitrogens with zero attached hydrogens (tertiary/aromatic N) is 3. The van der Waals surface area contributed by atoms with Crippen molar-refractivity contribution in [3.63, 3.8) is 0 Å². The Morgan fingerprint density at radius 3 is 2.36 bits per heavy atom. The van der Waals surface area contributed by atoms with Gasteiger partial charge in [-0.05, 0) is 6.92 Å². The fourth-order valence-corrected chi connectivity index (χ4v) is 6.64. The van der Waals surface area contributed by atoms with Crippen LogP contribution in [-0.4, -0.2) is 76.4 Å². The topological polar surface area (TPSA) is 172 Å². The van der Waals surface area contributed by atoms with Gasteiger partial charge in [-0.1, -0.05) is 5.21 Å². The second-order valence-corrected chi connectivity index (χ2v) is 9.46. The van der Waals surface area contributed by atoms with E-state index in [0.717, 1.165) is 18.9 Å². The third-order valence-corrected chi connectivity index (χ3v) is 8.40. The van der Waals surface area contributed by atoms with Crippen LogP contribution in [0.15, 0.2) is 0 Å². The van der Waals surface area contributed by atoms with Gasteiger partial charge >= 0.3 is 17.9 Å². The van der Waals surface area contributed by atoms with Gasteiger partial charge in [0.1, 0.15) is 10.5 Å². The van der Waals surface area contributed by atoms with Crippen LogP contribution in [0.4, 0.5) is 0 Å². The number of methoxy groups -OCH3 is 2. The standard InChI is InChI=1S/C15H17N3O9S/c1-15(9(12(20)21)8-6(19)4-7(8)28(15,24)25)5-18-11(14(23)27-3)10(16-17-18)13(22)26-2/h7-9H,4-5H2,1-3H3,(H,20,21)/t7?,8?,9-,15-/m0/s1. The molecule has 3 rings (SSSR count). The molecule has 0 bridgehead atoms. The maximum absolute atomic E-state index is 13.0. The van der Waals surface area contributed by atoms with E-state index in [4.69, 9.17) is 0 Å². The maximum Gasteiger partial charge on any atom is 0.361 e. The molecular formula is C15H17N3O9S. The summed E-state index contributed by atoms with van der Waals surface area (Å²) < 4.78 is 34.0. The summed E-state index contributed by atoms with van der Waals surface area (Å²) in [4.78, 5) is 47.7. The molecule has 1 saturated carbocycles. The number of esters is 2. The number of carboxylic acid groups (broad SMARTS) is 1. The van der Waals surface area contributed by atoms with Crippen molar-refractivity contribution in [2.75, 3.05) is 14.2 Å². The maximum atomic E-state index is 13.0. The summed E-state index contributed by atoms with van der Waals surface area (Å²) >= 11 is 0. The number of aromatic nitrogens is 3. The molecule has 0 spiro atoms. The molecule has 1 N–H and O–H groups in total. The van der Waals surface area contributed by atoms with Gasteiger partial charge in [-0.15, -0.1) is 5.10 Å². The Labute approximate surface area is 158 Å². The number of ketones is 1. The van der Waals surface area contributed by atoms with Crippen molar-refractivity contribution in [3.05, 3.63) is 11.4 Å². The van der Waals surface area contributed by atoms with E-state index in [-0.39, 0.29) is 6.42 Å². The van der Waals surface area contributed by atoms with E-state index in [1.165, 1.54) is 6.92 Å². The minimum atomic E-state index is -4.08. The monoisotopic (exact) mass is 415 g/mol. The molecule has 12 nitrogen and oxygen atoms in total. The summed E-state index contributed by atoms with van der Waals surface area (Å²) in [7, 11) is -1.99. The lowest BCUT2D eigenvalue weighted by Gasteiger charge is -2.29. The number of carbonyl (C=O) groups is 4. The van der Waals surface area contributed by atoms with Crippen LogP contribution in [0.25, 0.3) is 0 Å². The minimum Gasteiger partial charge on any atom is -0.481 e. The molecule has 2 heterocycles.